The summed E-state index contributed by atoms with van der Waals surface area (Å²) in [5.41, 5.74) is -0.413. The molecule has 0 aliphatic carbocycles. The van der Waals surface area contributed by atoms with Crippen molar-refractivity contribution in [1.82, 2.24) is 14.5 Å². The molecule has 1 heterocycles. The molecule has 0 radical (unpaired) electrons. The maximum atomic E-state index is 12.3. The van der Waals surface area contributed by atoms with Crippen LogP contribution in [0.15, 0.2) is 0 Å². The minimum Gasteiger partial charge on any atom is -0.454 e. The van der Waals surface area contributed by atoms with Crippen LogP contribution in [0.25, 0.3) is 0 Å². The normalized spacial score (nSPS) is 18.2. The van der Waals surface area contributed by atoms with Crippen LogP contribution in [-0.4, -0.2) is 79.5 Å². The second-order valence-electron chi connectivity index (χ2n) is 7.74. The number of carbonyl (C=O) groups excluding carboxylic acids is 3. The Morgan fingerprint density at radius 1 is 1.26 bits per heavy atom. The molecule has 2 amide bonds. The van der Waals surface area contributed by atoms with E-state index in [-0.39, 0.29) is 24.7 Å². The molecule has 10 heteroatoms. The van der Waals surface area contributed by atoms with Gasteiger partial charge in [-0.2, -0.15) is 4.31 Å². The zero-order valence-corrected chi connectivity index (χ0v) is 17.6. The van der Waals surface area contributed by atoms with Gasteiger partial charge >= 0.3 is 5.97 Å². The number of likely N-dealkylation sites (N-methyl/N-ethyl adjacent to an activating group) is 1. The smallest absolute Gasteiger partial charge is 0.324 e. The molecule has 1 rings (SSSR count). The number of rotatable bonds is 8. The average Bonchev–Trinajstić information content (AvgIpc) is 3.00. The highest BCUT2D eigenvalue weighted by Crippen LogP contribution is 2.22. The van der Waals surface area contributed by atoms with Gasteiger partial charge in [0.15, 0.2) is 6.61 Å². The van der Waals surface area contributed by atoms with Gasteiger partial charge in [0.1, 0.15) is 6.04 Å². The first kappa shape index (κ1) is 23.4. The van der Waals surface area contributed by atoms with Crippen molar-refractivity contribution in [1.29, 1.82) is 0 Å². The maximum Gasteiger partial charge on any atom is 0.324 e. The quantitative estimate of drug-likeness (QED) is 0.574. The van der Waals surface area contributed by atoms with Crippen LogP contribution in [0.2, 0.25) is 0 Å². The minimum absolute atomic E-state index is 0.0265. The molecule has 27 heavy (non-hydrogen) atoms. The van der Waals surface area contributed by atoms with E-state index in [1.807, 2.05) is 20.8 Å². The number of amides is 2. The van der Waals surface area contributed by atoms with Crippen molar-refractivity contribution in [2.75, 3.05) is 32.5 Å². The first-order chi connectivity index (χ1) is 12.4. The van der Waals surface area contributed by atoms with Crippen LogP contribution < -0.4 is 5.32 Å². The molecular weight excluding hydrogens is 374 g/mol. The van der Waals surface area contributed by atoms with E-state index in [0.29, 0.717) is 19.3 Å². The van der Waals surface area contributed by atoms with Crippen molar-refractivity contribution in [2.45, 2.75) is 58.5 Å². The molecule has 1 saturated heterocycles. The fourth-order valence-corrected chi connectivity index (χ4v) is 4.52. The van der Waals surface area contributed by atoms with Crippen LogP contribution in [0.4, 0.5) is 0 Å². The summed E-state index contributed by atoms with van der Waals surface area (Å²) in [6.07, 6.45) is 1.41. The molecule has 1 atom stereocenters. The Morgan fingerprint density at radius 2 is 1.89 bits per heavy atom. The highest BCUT2D eigenvalue weighted by Gasteiger charge is 2.39. The summed E-state index contributed by atoms with van der Waals surface area (Å²) < 4.78 is 30.7. The number of hydrogen-bond acceptors (Lipinski definition) is 6. The van der Waals surface area contributed by atoms with Crippen LogP contribution in [0.1, 0.15) is 47.0 Å². The highest BCUT2D eigenvalue weighted by molar-refractivity contribution is 7.89. The molecule has 1 N–H and O–H groups in total. The lowest BCUT2D eigenvalue weighted by Crippen LogP contribution is -2.47. The van der Waals surface area contributed by atoms with Crippen LogP contribution in [0.3, 0.4) is 0 Å². The predicted molar refractivity (Wildman–Crippen MR) is 100 cm³/mol. The Labute approximate surface area is 161 Å². The van der Waals surface area contributed by atoms with Crippen molar-refractivity contribution in [3.63, 3.8) is 0 Å². The number of carbonyl (C=O) groups is 3. The highest BCUT2D eigenvalue weighted by atomic mass is 32.2. The molecule has 0 aromatic heterocycles. The van der Waals surface area contributed by atoms with E-state index in [4.69, 9.17) is 4.74 Å². The summed E-state index contributed by atoms with van der Waals surface area (Å²) >= 11 is 0. The van der Waals surface area contributed by atoms with Gasteiger partial charge in [0.05, 0.1) is 12.3 Å². The molecule has 0 aromatic rings. The lowest BCUT2D eigenvalue weighted by atomic mass is 10.1. The summed E-state index contributed by atoms with van der Waals surface area (Å²) in [5, 5.41) is 2.73. The van der Waals surface area contributed by atoms with Crippen LogP contribution >= 0.6 is 0 Å². The molecule has 0 aromatic carbocycles. The van der Waals surface area contributed by atoms with E-state index in [1.165, 1.54) is 11.4 Å². The predicted octanol–water partition coefficient (Wildman–Crippen LogP) is 0.107. The third-order valence-electron chi connectivity index (χ3n) is 3.95. The number of nitrogens with one attached hydrogen (secondary N) is 1. The summed E-state index contributed by atoms with van der Waals surface area (Å²) in [7, 11) is -2.07. The molecule has 0 spiro atoms. The summed E-state index contributed by atoms with van der Waals surface area (Å²) in [6, 6.07) is -0.885. The lowest BCUT2D eigenvalue weighted by Gasteiger charge is -2.24. The van der Waals surface area contributed by atoms with Crippen LogP contribution in [-0.2, 0) is 29.1 Å². The molecule has 0 saturated carbocycles. The van der Waals surface area contributed by atoms with Gasteiger partial charge in [0, 0.05) is 19.1 Å². The first-order valence-electron chi connectivity index (χ1n) is 9.08. The Morgan fingerprint density at radius 3 is 2.44 bits per heavy atom. The van der Waals surface area contributed by atoms with Crippen molar-refractivity contribution >= 4 is 27.8 Å². The third-order valence-corrected chi connectivity index (χ3v) is 6.03. The standard InChI is InChI=1S/C17H31N3O6S/c1-6-10-27(24,25)20-9-7-8-13(20)16(23)26-12-15(22)19(5)11-14(21)18-17(2,3)4/h13H,6-12H2,1-5H3,(H,18,21). The maximum absolute atomic E-state index is 12.3. The monoisotopic (exact) mass is 405 g/mol. The van der Waals surface area contributed by atoms with Crippen molar-refractivity contribution in [3.05, 3.63) is 0 Å². The summed E-state index contributed by atoms with van der Waals surface area (Å²) in [6.45, 7) is 6.83. The molecule has 156 valence electrons. The van der Waals surface area contributed by atoms with Gasteiger partial charge in [-0.25, -0.2) is 8.42 Å². The molecule has 0 bridgehead atoms. The van der Waals surface area contributed by atoms with E-state index in [2.05, 4.69) is 5.32 Å². The van der Waals surface area contributed by atoms with Crippen molar-refractivity contribution in [2.24, 2.45) is 0 Å². The Kier molecular flexibility index (Phi) is 8.22. The van der Waals surface area contributed by atoms with Crippen molar-refractivity contribution < 1.29 is 27.5 Å². The van der Waals surface area contributed by atoms with Gasteiger partial charge in [-0.3, -0.25) is 14.4 Å². The Hall–Kier alpha value is -1.68. The third kappa shape index (κ3) is 7.45. The lowest BCUT2D eigenvalue weighted by molar-refractivity contribution is -0.154. The molecular formula is C17H31N3O6S. The van der Waals surface area contributed by atoms with Gasteiger partial charge in [0.25, 0.3) is 5.91 Å². The second kappa shape index (κ2) is 9.50. The fraction of sp³-hybridized carbons (Fsp3) is 0.824. The first-order valence-corrected chi connectivity index (χ1v) is 10.7. The van der Waals surface area contributed by atoms with Gasteiger partial charge in [0.2, 0.25) is 15.9 Å². The molecule has 1 unspecified atom stereocenters. The summed E-state index contributed by atoms with van der Waals surface area (Å²) in [4.78, 5) is 37.4. The fourth-order valence-electron chi connectivity index (χ4n) is 2.78. The van der Waals surface area contributed by atoms with E-state index < -0.39 is 40.1 Å². The number of esters is 1. The summed E-state index contributed by atoms with van der Waals surface area (Å²) in [5.74, 6) is -1.61. The van der Waals surface area contributed by atoms with Gasteiger partial charge < -0.3 is 15.0 Å². The van der Waals surface area contributed by atoms with E-state index in [9.17, 15) is 22.8 Å². The van der Waals surface area contributed by atoms with E-state index in [1.54, 1.807) is 6.92 Å². The largest absolute Gasteiger partial charge is 0.454 e. The van der Waals surface area contributed by atoms with Crippen LogP contribution in [0, 0.1) is 0 Å². The number of nitrogens with zero attached hydrogens (tertiary/aromatic N) is 2. The van der Waals surface area contributed by atoms with Gasteiger partial charge in [-0.05, 0) is 40.0 Å². The second-order valence-corrected chi connectivity index (χ2v) is 9.78. The number of hydrogen-bond donors (Lipinski definition) is 1. The molecule has 1 aliphatic rings. The molecule has 1 fully saturated rings. The van der Waals surface area contributed by atoms with E-state index >= 15 is 0 Å². The Balaban J connectivity index is 2.55. The molecule has 1 aliphatic heterocycles. The zero-order chi connectivity index (χ0) is 20.8. The zero-order valence-electron chi connectivity index (χ0n) is 16.8. The topological polar surface area (TPSA) is 113 Å². The van der Waals surface area contributed by atoms with Gasteiger partial charge in [-0.1, -0.05) is 6.92 Å². The number of ether oxygens (including phenoxy) is 1. The minimum atomic E-state index is -3.51. The average molecular weight is 406 g/mol. The Bertz CT molecular complexity index is 656. The SMILES string of the molecule is CCCS(=O)(=O)N1CCCC1C(=O)OCC(=O)N(C)CC(=O)NC(C)(C)C. The van der Waals surface area contributed by atoms with Crippen LogP contribution in [0.5, 0.6) is 0 Å². The number of sulfonamides is 1. The van der Waals surface area contributed by atoms with E-state index in [0.717, 1.165) is 4.90 Å². The molecule has 9 nitrogen and oxygen atoms in total. The van der Waals surface area contributed by atoms with Crippen molar-refractivity contribution in [3.8, 4) is 0 Å². The van der Waals surface area contributed by atoms with Gasteiger partial charge in [-0.15, -0.1) is 0 Å².